The van der Waals surface area contributed by atoms with Gasteiger partial charge in [0.1, 0.15) is 5.82 Å². The Labute approximate surface area is 166 Å². The fourth-order valence-electron chi connectivity index (χ4n) is 5.07. The highest BCUT2D eigenvalue weighted by molar-refractivity contribution is 5.38. The highest BCUT2D eigenvalue weighted by Gasteiger charge is 2.38. The van der Waals surface area contributed by atoms with E-state index in [2.05, 4.69) is 38.9 Å². The van der Waals surface area contributed by atoms with Crippen LogP contribution in [-0.2, 0) is 0 Å². The fraction of sp³-hybridized carbons (Fsp3) is 0.783. The van der Waals surface area contributed by atoms with Gasteiger partial charge in [0.15, 0.2) is 0 Å². The van der Waals surface area contributed by atoms with Gasteiger partial charge in [0.05, 0.1) is 0 Å². The van der Waals surface area contributed by atoms with Crippen LogP contribution in [0.3, 0.4) is 0 Å². The topological polar surface area (TPSA) is 22.6 Å². The van der Waals surface area contributed by atoms with Crippen molar-refractivity contribution < 1.29 is 0 Å². The van der Waals surface area contributed by atoms with Crippen LogP contribution in [0.2, 0.25) is 0 Å². The van der Waals surface area contributed by atoms with E-state index in [9.17, 15) is 0 Å². The van der Waals surface area contributed by atoms with Gasteiger partial charge in [-0.05, 0) is 95.2 Å². The third kappa shape index (κ3) is 5.45. The van der Waals surface area contributed by atoms with Crippen LogP contribution in [0.1, 0.15) is 52.4 Å². The van der Waals surface area contributed by atoms with Crippen LogP contribution in [0.25, 0.3) is 0 Å². The van der Waals surface area contributed by atoms with Gasteiger partial charge in [-0.1, -0.05) is 19.9 Å². The summed E-state index contributed by atoms with van der Waals surface area (Å²) in [5.41, 5.74) is 0.620. The number of piperidine rings is 3. The van der Waals surface area contributed by atoms with Crippen molar-refractivity contribution in [2.24, 2.45) is 11.3 Å². The Balaban J connectivity index is 0.00000102. The molecule has 0 saturated carbocycles. The average molecular weight is 373 g/mol. The molecule has 1 aromatic heterocycles. The second-order valence-corrected chi connectivity index (χ2v) is 8.72. The summed E-state index contributed by atoms with van der Waals surface area (Å²) in [5.74, 6) is 2.10. The Bertz CT molecular complexity index is 521. The molecular weight excluding hydrogens is 332 g/mol. The van der Waals surface area contributed by atoms with E-state index in [4.69, 9.17) is 0 Å². The molecule has 4 nitrogen and oxygen atoms in total. The normalized spacial score (nSPS) is 24.5. The minimum atomic E-state index is 0.620. The average Bonchev–Trinajstić information content (AvgIpc) is 2.74. The first-order chi connectivity index (χ1) is 13.2. The van der Waals surface area contributed by atoms with Crippen LogP contribution in [0.15, 0.2) is 24.4 Å². The van der Waals surface area contributed by atoms with Crippen molar-refractivity contribution in [1.82, 2.24) is 14.8 Å². The molecule has 0 bridgehead atoms. The number of pyridine rings is 1. The quantitative estimate of drug-likeness (QED) is 0.795. The maximum Gasteiger partial charge on any atom is 0.128 e. The number of likely N-dealkylation sites (tertiary alicyclic amines) is 2. The Morgan fingerprint density at radius 3 is 2.15 bits per heavy atom. The summed E-state index contributed by atoms with van der Waals surface area (Å²) >= 11 is 0. The van der Waals surface area contributed by atoms with Crippen LogP contribution in [0, 0.1) is 11.3 Å². The summed E-state index contributed by atoms with van der Waals surface area (Å²) in [6, 6.07) is 6.27. The zero-order valence-corrected chi connectivity index (χ0v) is 17.9. The number of nitrogens with zero attached hydrogens (tertiary/aromatic N) is 4. The molecule has 4 heterocycles. The van der Waals surface area contributed by atoms with Crippen LogP contribution < -0.4 is 4.90 Å². The van der Waals surface area contributed by atoms with Crippen molar-refractivity contribution in [1.29, 1.82) is 0 Å². The highest BCUT2D eigenvalue weighted by Crippen LogP contribution is 2.42. The lowest BCUT2D eigenvalue weighted by Crippen LogP contribution is -2.48. The molecule has 3 saturated heterocycles. The molecule has 152 valence electrons. The molecule has 1 spiro atoms. The van der Waals surface area contributed by atoms with Crippen LogP contribution in [0.5, 0.6) is 0 Å². The molecule has 0 unspecified atom stereocenters. The second-order valence-electron chi connectivity index (χ2n) is 8.72. The molecule has 1 aromatic rings. The number of anilines is 1. The first-order valence-electron chi connectivity index (χ1n) is 11.3. The highest BCUT2D eigenvalue weighted by atomic mass is 15.2. The van der Waals surface area contributed by atoms with Gasteiger partial charge in [0, 0.05) is 25.8 Å². The van der Waals surface area contributed by atoms with E-state index in [1.54, 1.807) is 0 Å². The van der Waals surface area contributed by atoms with E-state index in [-0.39, 0.29) is 0 Å². The van der Waals surface area contributed by atoms with Gasteiger partial charge in [0.25, 0.3) is 0 Å². The Hall–Kier alpha value is -1.13. The molecule has 4 rings (SSSR count). The molecule has 0 N–H and O–H groups in total. The molecule has 0 amide bonds. The molecule has 3 aliphatic rings. The summed E-state index contributed by atoms with van der Waals surface area (Å²) in [4.78, 5) is 12.3. The van der Waals surface area contributed by atoms with E-state index in [0.29, 0.717) is 5.41 Å². The van der Waals surface area contributed by atoms with Gasteiger partial charge in [-0.3, -0.25) is 0 Å². The van der Waals surface area contributed by atoms with Crippen molar-refractivity contribution in [2.75, 3.05) is 57.8 Å². The van der Waals surface area contributed by atoms with Gasteiger partial charge < -0.3 is 14.7 Å². The van der Waals surface area contributed by atoms with E-state index in [1.807, 2.05) is 26.1 Å². The molecule has 0 aromatic carbocycles. The SMILES string of the molecule is CC.CN1CCC(CN2CCC3(CC2)CCN(c2ccccn2)CC3)CC1. The van der Waals surface area contributed by atoms with Crippen molar-refractivity contribution in [3.8, 4) is 0 Å². The van der Waals surface area contributed by atoms with Crippen molar-refractivity contribution in [2.45, 2.75) is 52.4 Å². The standard InChI is InChI=1S/C21H34N4.C2H6/c1-23-12-5-19(6-13-23)18-24-14-7-21(8-15-24)9-16-25(17-10-21)20-4-2-3-11-22-20;1-2/h2-4,11,19H,5-10,12-18H2,1H3;1-2H3. The molecule has 3 aliphatic heterocycles. The first kappa shape index (κ1) is 20.6. The van der Waals surface area contributed by atoms with Gasteiger partial charge >= 0.3 is 0 Å². The van der Waals surface area contributed by atoms with E-state index < -0.39 is 0 Å². The summed E-state index contributed by atoms with van der Waals surface area (Å²) in [6.07, 6.45) is 10.2. The number of hydrogen-bond donors (Lipinski definition) is 0. The number of aromatic nitrogens is 1. The van der Waals surface area contributed by atoms with Crippen LogP contribution >= 0.6 is 0 Å². The summed E-state index contributed by atoms with van der Waals surface area (Å²) in [5, 5.41) is 0. The largest absolute Gasteiger partial charge is 0.357 e. The molecular formula is C23H40N4. The first-order valence-corrected chi connectivity index (χ1v) is 11.3. The Morgan fingerprint density at radius 2 is 1.56 bits per heavy atom. The molecule has 3 fully saturated rings. The van der Waals surface area contributed by atoms with Crippen LogP contribution in [0.4, 0.5) is 5.82 Å². The molecule has 4 heteroatoms. The minimum Gasteiger partial charge on any atom is -0.357 e. The number of rotatable bonds is 3. The van der Waals surface area contributed by atoms with Crippen LogP contribution in [-0.4, -0.2) is 67.6 Å². The second kappa shape index (κ2) is 9.88. The maximum atomic E-state index is 4.53. The Kier molecular flexibility index (Phi) is 7.54. The lowest BCUT2D eigenvalue weighted by molar-refractivity contribution is 0.0619. The molecule has 0 radical (unpaired) electrons. The molecule has 27 heavy (non-hydrogen) atoms. The lowest BCUT2D eigenvalue weighted by Gasteiger charge is -2.48. The number of hydrogen-bond acceptors (Lipinski definition) is 4. The Morgan fingerprint density at radius 1 is 0.926 bits per heavy atom. The van der Waals surface area contributed by atoms with E-state index in [0.717, 1.165) is 11.7 Å². The maximum absolute atomic E-state index is 4.53. The zero-order valence-electron chi connectivity index (χ0n) is 17.9. The summed E-state index contributed by atoms with van der Waals surface area (Å²) in [7, 11) is 2.26. The van der Waals surface area contributed by atoms with Crippen molar-refractivity contribution >= 4 is 5.82 Å². The third-order valence-corrected chi connectivity index (χ3v) is 7.07. The minimum absolute atomic E-state index is 0.620. The zero-order chi connectivity index (χ0) is 19.1. The van der Waals surface area contributed by atoms with E-state index >= 15 is 0 Å². The molecule has 0 aliphatic carbocycles. The predicted octanol–water partition coefficient (Wildman–Crippen LogP) is 4.13. The molecule has 0 atom stereocenters. The van der Waals surface area contributed by atoms with E-state index in [1.165, 1.54) is 84.3 Å². The van der Waals surface area contributed by atoms with Gasteiger partial charge in [-0.25, -0.2) is 4.98 Å². The predicted molar refractivity (Wildman–Crippen MR) is 115 cm³/mol. The summed E-state index contributed by atoms with van der Waals surface area (Å²) < 4.78 is 0. The monoisotopic (exact) mass is 372 g/mol. The lowest BCUT2D eigenvalue weighted by atomic mass is 9.71. The van der Waals surface area contributed by atoms with Crippen molar-refractivity contribution in [3.63, 3.8) is 0 Å². The smallest absolute Gasteiger partial charge is 0.128 e. The summed E-state index contributed by atoms with van der Waals surface area (Å²) in [6.45, 7) is 13.0. The third-order valence-electron chi connectivity index (χ3n) is 7.07. The van der Waals surface area contributed by atoms with Gasteiger partial charge in [-0.15, -0.1) is 0 Å². The fourth-order valence-corrected chi connectivity index (χ4v) is 5.07. The van der Waals surface area contributed by atoms with Crippen molar-refractivity contribution in [3.05, 3.63) is 24.4 Å². The van der Waals surface area contributed by atoms with Gasteiger partial charge in [0.2, 0.25) is 0 Å². The van der Waals surface area contributed by atoms with Gasteiger partial charge in [-0.2, -0.15) is 0 Å².